The van der Waals surface area contributed by atoms with Gasteiger partial charge in [-0.15, -0.1) is 0 Å². The van der Waals surface area contributed by atoms with Crippen molar-refractivity contribution >= 4 is 17.5 Å². The molecule has 1 rings (SSSR count). The van der Waals surface area contributed by atoms with Crippen LogP contribution in [0.15, 0.2) is 24.3 Å². The van der Waals surface area contributed by atoms with E-state index >= 15 is 0 Å². The van der Waals surface area contributed by atoms with Gasteiger partial charge in [0.05, 0.1) is 12.6 Å². The average Bonchev–Trinajstić information content (AvgIpc) is 2.42. The van der Waals surface area contributed by atoms with Crippen molar-refractivity contribution in [1.29, 1.82) is 0 Å². The van der Waals surface area contributed by atoms with Crippen LogP contribution in [0.3, 0.4) is 0 Å². The summed E-state index contributed by atoms with van der Waals surface area (Å²) in [4.78, 5) is 12.0. The van der Waals surface area contributed by atoms with Gasteiger partial charge in [0, 0.05) is 18.7 Å². The molecule has 0 spiro atoms. The van der Waals surface area contributed by atoms with E-state index in [0.717, 1.165) is 0 Å². The molecule has 5 nitrogen and oxygen atoms in total. The minimum Gasteiger partial charge on any atom is -0.481 e. The summed E-state index contributed by atoms with van der Waals surface area (Å²) in [6.07, 6.45) is -0.206. The topological polar surface area (TPSA) is 67.8 Å². The molecular weight excluding hydrogens is 282 g/mol. The second-order valence-electron chi connectivity index (χ2n) is 4.39. The Hall–Kier alpha value is -1.30. The summed E-state index contributed by atoms with van der Waals surface area (Å²) in [7, 11) is 1.55. The van der Waals surface area contributed by atoms with Crippen LogP contribution in [0.2, 0.25) is 5.02 Å². The molecule has 2 unspecified atom stereocenters. The van der Waals surface area contributed by atoms with E-state index in [1.807, 2.05) is 0 Å². The molecule has 0 fully saturated rings. The Bertz CT molecular complexity index is 404. The number of nitrogens with one attached hydrogen (secondary N) is 1. The van der Waals surface area contributed by atoms with Gasteiger partial charge in [0.1, 0.15) is 5.75 Å². The van der Waals surface area contributed by atoms with E-state index in [4.69, 9.17) is 26.2 Å². The number of hydrogen-bond acceptors (Lipinski definition) is 4. The largest absolute Gasteiger partial charge is 0.481 e. The zero-order valence-electron chi connectivity index (χ0n) is 11.6. The van der Waals surface area contributed by atoms with Gasteiger partial charge < -0.3 is 19.9 Å². The summed E-state index contributed by atoms with van der Waals surface area (Å²) < 4.78 is 10.5. The fraction of sp³-hybridized carbons (Fsp3) is 0.500. The maximum absolute atomic E-state index is 12.0. The van der Waals surface area contributed by atoms with Crippen LogP contribution in [0.25, 0.3) is 0 Å². The highest BCUT2D eigenvalue weighted by atomic mass is 35.5. The summed E-state index contributed by atoms with van der Waals surface area (Å²) in [5, 5.41) is 12.3. The van der Waals surface area contributed by atoms with Crippen LogP contribution < -0.4 is 10.1 Å². The third-order valence-electron chi connectivity index (χ3n) is 2.69. The third kappa shape index (κ3) is 5.77. The average molecular weight is 302 g/mol. The second kappa shape index (κ2) is 8.79. The van der Waals surface area contributed by atoms with Crippen LogP contribution in [0.4, 0.5) is 0 Å². The maximum Gasteiger partial charge on any atom is 0.261 e. The summed E-state index contributed by atoms with van der Waals surface area (Å²) >= 11 is 5.78. The summed E-state index contributed by atoms with van der Waals surface area (Å²) in [5.41, 5.74) is 0. The highest BCUT2D eigenvalue weighted by Crippen LogP contribution is 2.16. The number of hydrogen-bond donors (Lipinski definition) is 2. The number of ether oxygens (including phenoxy) is 2. The Morgan fingerprint density at radius 2 is 2.05 bits per heavy atom. The van der Waals surface area contributed by atoms with Crippen molar-refractivity contribution in [3.63, 3.8) is 0 Å². The molecule has 0 aliphatic heterocycles. The van der Waals surface area contributed by atoms with Crippen LogP contribution in [0, 0.1) is 0 Å². The predicted molar refractivity (Wildman–Crippen MR) is 77.1 cm³/mol. The summed E-state index contributed by atoms with van der Waals surface area (Å²) in [5.74, 6) is 0.318. The van der Waals surface area contributed by atoms with Crippen LogP contribution in [-0.2, 0) is 9.53 Å². The number of rotatable bonds is 8. The molecule has 0 bridgehead atoms. The molecule has 1 aromatic rings. The molecule has 0 heterocycles. The van der Waals surface area contributed by atoms with Gasteiger partial charge in [0.15, 0.2) is 6.10 Å². The Balaban J connectivity index is 2.50. The molecule has 0 radical (unpaired) electrons. The van der Waals surface area contributed by atoms with Gasteiger partial charge in [0.2, 0.25) is 0 Å². The van der Waals surface area contributed by atoms with E-state index in [9.17, 15) is 4.79 Å². The Morgan fingerprint density at radius 3 is 2.60 bits per heavy atom. The molecule has 0 aliphatic rings. The number of aliphatic hydroxyl groups is 1. The Kier molecular flexibility index (Phi) is 7.36. The van der Waals surface area contributed by atoms with Gasteiger partial charge in [-0.3, -0.25) is 4.79 Å². The molecule has 1 aromatic carbocycles. The predicted octanol–water partition coefficient (Wildman–Crippen LogP) is 1.62. The van der Waals surface area contributed by atoms with E-state index < -0.39 is 6.10 Å². The lowest BCUT2D eigenvalue weighted by Crippen LogP contribution is -2.44. The molecule has 0 aromatic heterocycles. The molecule has 0 aliphatic carbocycles. The molecular formula is C14H20ClNO4. The minimum atomic E-state index is -0.644. The lowest BCUT2D eigenvalue weighted by atomic mass is 10.2. The maximum atomic E-state index is 12.0. The van der Waals surface area contributed by atoms with Crippen LogP contribution >= 0.6 is 11.6 Å². The molecule has 2 N–H and O–H groups in total. The highest BCUT2D eigenvalue weighted by molar-refractivity contribution is 6.30. The quantitative estimate of drug-likeness (QED) is 0.766. The first-order chi connectivity index (χ1) is 9.56. The SMILES string of the molecule is COCC(CCO)NC(=O)C(C)Oc1ccc(Cl)cc1. The number of benzene rings is 1. The van der Waals surface area contributed by atoms with Crippen molar-refractivity contribution in [2.75, 3.05) is 20.3 Å². The monoisotopic (exact) mass is 301 g/mol. The second-order valence-corrected chi connectivity index (χ2v) is 4.82. The molecule has 1 amide bonds. The third-order valence-corrected chi connectivity index (χ3v) is 2.94. The van der Waals surface area contributed by atoms with Crippen molar-refractivity contribution in [3.8, 4) is 5.75 Å². The lowest BCUT2D eigenvalue weighted by molar-refractivity contribution is -0.128. The van der Waals surface area contributed by atoms with E-state index in [1.165, 1.54) is 0 Å². The van der Waals surface area contributed by atoms with Gasteiger partial charge in [-0.1, -0.05) is 11.6 Å². The normalized spacial score (nSPS) is 13.6. The standard InChI is InChI=1S/C14H20ClNO4/c1-10(20-13-5-3-11(15)4-6-13)14(18)16-12(7-8-17)9-19-2/h3-6,10,12,17H,7-9H2,1-2H3,(H,16,18). The van der Waals surface area contributed by atoms with Crippen molar-refractivity contribution in [3.05, 3.63) is 29.3 Å². The van der Waals surface area contributed by atoms with Crippen LogP contribution in [0.5, 0.6) is 5.75 Å². The molecule has 2 atom stereocenters. The van der Waals surface area contributed by atoms with Crippen molar-refractivity contribution < 1.29 is 19.4 Å². The first-order valence-electron chi connectivity index (χ1n) is 6.39. The van der Waals surface area contributed by atoms with Gasteiger partial charge in [-0.2, -0.15) is 0 Å². The van der Waals surface area contributed by atoms with E-state index in [2.05, 4.69) is 5.32 Å². The van der Waals surface area contributed by atoms with Gasteiger partial charge in [0.25, 0.3) is 5.91 Å². The number of carbonyl (C=O) groups is 1. The number of carbonyl (C=O) groups excluding carboxylic acids is 1. The molecule has 6 heteroatoms. The Labute approximate surface area is 123 Å². The van der Waals surface area contributed by atoms with Crippen molar-refractivity contribution in [2.24, 2.45) is 0 Å². The number of halogens is 1. The summed E-state index contributed by atoms with van der Waals surface area (Å²) in [6.45, 7) is 1.99. The van der Waals surface area contributed by atoms with Gasteiger partial charge in [-0.25, -0.2) is 0 Å². The zero-order chi connectivity index (χ0) is 15.0. The molecule has 0 saturated carbocycles. The van der Waals surface area contributed by atoms with E-state index in [0.29, 0.717) is 23.8 Å². The smallest absolute Gasteiger partial charge is 0.261 e. The van der Waals surface area contributed by atoms with Crippen LogP contribution in [-0.4, -0.2) is 43.5 Å². The van der Waals surface area contributed by atoms with Gasteiger partial charge >= 0.3 is 0 Å². The minimum absolute atomic E-state index is 0.0132. The number of aliphatic hydroxyl groups excluding tert-OH is 1. The fourth-order valence-electron chi connectivity index (χ4n) is 1.64. The summed E-state index contributed by atoms with van der Waals surface area (Å²) in [6, 6.07) is 6.56. The van der Waals surface area contributed by atoms with Crippen molar-refractivity contribution in [2.45, 2.75) is 25.5 Å². The highest BCUT2D eigenvalue weighted by Gasteiger charge is 2.18. The molecule has 20 heavy (non-hydrogen) atoms. The molecule has 112 valence electrons. The van der Waals surface area contributed by atoms with Crippen LogP contribution in [0.1, 0.15) is 13.3 Å². The van der Waals surface area contributed by atoms with Crippen molar-refractivity contribution in [1.82, 2.24) is 5.32 Å². The Morgan fingerprint density at radius 1 is 1.40 bits per heavy atom. The van der Waals surface area contributed by atoms with E-state index in [1.54, 1.807) is 38.3 Å². The van der Waals surface area contributed by atoms with Gasteiger partial charge in [-0.05, 0) is 37.6 Å². The molecule has 0 saturated heterocycles. The van der Waals surface area contributed by atoms with E-state index in [-0.39, 0.29) is 18.6 Å². The first-order valence-corrected chi connectivity index (χ1v) is 6.77. The number of amides is 1. The fourth-order valence-corrected chi connectivity index (χ4v) is 1.77. The number of methoxy groups -OCH3 is 1. The lowest BCUT2D eigenvalue weighted by Gasteiger charge is -2.20. The zero-order valence-corrected chi connectivity index (χ0v) is 12.4. The first kappa shape index (κ1) is 16.8.